The number of unbranched alkanes of at least 4 members (excludes halogenated alkanes) is 1. The molecule has 2 aliphatic rings. The van der Waals surface area contributed by atoms with Crippen molar-refractivity contribution in [3.05, 3.63) is 108 Å². The zero-order chi connectivity index (χ0) is 26.2. The van der Waals surface area contributed by atoms with Crippen molar-refractivity contribution in [2.45, 2.75) is 30.8 Å². The van der Waals surface area contributed by atoms with E-state index in [0.29, 0.717) is 6.04 Å². The van der Waals surface area contributed by atoms with Gasteiger partial charge in [-0.05, 0) is 60.7 Å². The predicted octanol–water partition coefficient (Wildman–Crippen LogP) is 5.53. The SMILES string of the molecule is COc1ccc(C2(CCCCN3CCN(C(c4ccccc4)c4ccccc4)CC3)C=CON2)cc1OC. The highest BCUT2D eigenvalue weighted by Crippen LogP contribution is 2.37. The van der Waals surface area contributed by atoms with E-state index in [-0.39, 0.29) is 5.54 Å². The molecule has 2 heterocycles. The second-order valence-corrected chi connectivity index (χ2v) is 10.1. The molecule has 6 heteroatoms. The van der Waals surface area contributed by atoms with Gasteiger partial charge in [-0.15, -0.1) is 5.48 Å². The Kier molecular flexibility index (Phi) is 8.64. The number of ether oxygens (including phenoxy) is 2. The lowest BCUT2D eigenvalue weighted by atomic mass is 9.85. The maximum atomic E-state index is 5.54. The summed E-state index contributed by atoms with van der Waals surface area (Å²) in [5.41, 5.74) is 6.74. The third-order valence-electron chi connectivity index (χ3n) is 7.86. The number of nitrogens with one attached hydrogen (secondary N) is 1. The number of rotatable bonds is 11. The van der Waals surface area contributed by atoms with E-state index in [1.165, 1.54) is 11.1 Å². The molecule has 0 bridgehead atoms. The molecule has 200 valence electrons. The number of nitrogens with zero attached hydrogens (tertiary/aromatic N) is 2. The average molecular weight is 514 g/mol. The van der Waals surface area contributed by atoms with Crippen molar-refractivity contribution >= 4 is 0 Å². The van der Waals surface area contributed by atoms with Gasteiger partial charge in [0.25, 0.3) is 0 Å². The molecule has 3 aromatic carbocycles. The van der Waals surface area contributed by atoms with Crippen LogP contribution in [0.2, 0.25) is 0 Å². The molecule has 0 spiro atoms. The van der Waals surface area contributed by atoms with Crippen LogP contribution in [0.1, 0.15) is 42.0 Å². The van der Waals surface area contributed by atoms with Crippen molar-refractivity contribution in [2.75, 3.05) is 46.9 Å². The number of methoxy groups -OCH3 is 2. The summed E-state index contributed by atoms with van der Waals surface area (Å²) in [6.45, 7) is 5.45. The third kappa shape index (κ3) is 5.88. The molecular formula is C32H39N3O3. The number of hydroxylamine groups is 1. The van der Waals surface area contributed by atoms with Crippen molar-refractivity contribution in [1.82, 2.24) is 15.3 Å². The van der Waals surface area contributed by atoms with Crippen LogP contribution in [0, 0.1) is 0 Å². The first kappa shape index (κ1) is 26.3. The van der Waals surface area contributed by atoms with Crippen molar-refractivity contribution in [1.29, 1.82) is 0 Å². The van der Waals surface area contributed by atoms with Gasteiger partial charge in [0.2, 0.25) is 0 Å². The lowest BCUT2D eigenvalue weighted by Crippen LogP contribution is -2.48. The second kappa shape index (κ2) is 12.5. The standard InChI is InChI=1S/C32H39N3O3/c1-36-29-16-15-28(25-30(29)37-2)32(18-24-38-33-32)17-9-10-19-34-20-22-35(23-21-34)31(26-11-5-3-6-12-26)27-13-7-4-8-14-27/h3-8,11-16,18,24-25,31,33H,9-10,17,19-23H2,1-2H3. The molecule has 1 fully saturated rings. The van der Waals surface area contributed by atoms with Gasteiger partial charge < -0.3 is 19.2 Å². The van der Waals surface area contributed by atoms with Crippen LogP contribution in [0.15, 0.2) is 91.2 Å². The maximum absolute atomic E-state index is 5.54. The Labute approximate surface area is 226 Å². The van der Waals surface area contributed by atoms with Crippen molar-refractivity contribution in [2.24, 2.45) is 0 Å². The van der Waals surface area contributed by atoms with E-state index >= 15 is 0 Å². The van der Waals surface area contributed by atoms with E-state index in [1.54, 1.807) is 20.5 Å². The normalized spacial score (nSPS) is 20.0. The van der Waals surface area contributed by atoms with Crippen LogP contribution in [-0.2, 0) is 10.4 Å². The van der Waals surface area contributed by atoms with Crippen LogP contribution in [0.5, 0.6) is 11.5 Å². The van der Waals surface area contributed by atoms with E-state index in [1.807, 2.05) is 12.1 Å². The van der Waals surface area contributed by atoms with Gasteiger partial charge >= 0.3 is 0 Å². The predicted molar refractivity (Wildman–Crippen MR) is 151 cm³/mol. The Bertz CT molecular complexity index is 1140. The average Bonchev–Trinajstić information content (AvgIpc) is 3.47. The molecule has 38 heavy (non-hydrogen) atoms. The molecule has 0 radical (unpaired) electrons. The highest BCUT2D eigenvalue weighted by molar-refractivity contribution is 5.46. The number of hydrogen-bond donors (Lipinski definition) is 1. The molecule has 2 aliphatic heterocycles. The lowest BCUT2D eigenvalue weighted by molar-refractivity contribution is 0.0879. The fourth-order valence-electron chi connectivity index (χ4n) is 5.74. The van der Waals surface area contributed by atoms with Gasteiger partial charge in [-0.2, -0.15) is 0 Å². The number of piperazine rings is 1. The minimum absolute atomic E-state index is 0.307. The van der Waals surface area contributed by atoms with Crippen LogP contribution in [0.4, 0.5) is 0 Å². The first-order valence-electron chi connectivity index (χ1n) is 13.6. The first-order valence-corrected chi connectivity index (χ1v) is 13.6. The molecule has 0 saturated carbocycles. The third-order valence-corrected chi connectivity index (χ3v) is 7.86. The van der Waals surface area contributed by atoms with E-state index in [2.05, 4.69) is 88.1 Å². The van der Waals surface area contributed by atoms with Gasteiger partial charge in [-0.1, -0.05) is 66.7 Å². The second-order valence-electron chi connectivity index (χ2n) is 10.1. The fourth-order valence-corrected chi connectivity index (χ4v) is 5.74. The van der Waals surface area contributed by atoms with Crippen LogP contribution in [-0.4, -0.2) is 56.7 Å². The van der Waals surface area contributed by atoms with Crippen LogP contribution < -0.4 is 15.0 Å². The molecule has 0 amide bonds. The summed E-state index contributed by atoms with van der Waals surface area (Å²) in [4.78, 5) is 10.7. The maximum Gasteiger partial charge on any atom is 0.161 e. The van der Waals surface area contributed by atoms with E-state index in [0.717, 1.165) is 69.0 Å². The summed E-state index contributed by atoms with van der Waals surface area (Å²) < 4.78 is 11.0. The summed E-state index contributed by atoms with van der Waals surface area (Å²) in [6, 6.07) is 28.2. The topological polar surface area (TPSA) is 46.2 Å². The minimum Gasteiger partial charge on any atom is -0.493 e. The Balaban J connectivity index is 1.15. The highest BCUT2D eigenvalue weighted by atomic mass is 16.6. The van der Waals surface area contributed by atoms with E-state index in [4.69, 9.17) is 14.3 Å². The summed E-state index contributed by atoms with van der Waals surface area (Å²) in [7, 11) is 3.33. The summed E-state index contributed by atoms with van der Waals surface area (Å²) in [5.74, 6) is 1.46. The fraction of sp³-hybridized carbons (Fsp3) is 0.375. The molecule has 1 unspecified atom stereocenters. The Hall–Kier alpha value is -3.32. The Morgan fingerprint density at radius 2 is 1.47 bits per heavy atom. The lowest BCUT2D eigenvalue weighted by Gasteiger charge is -2.40. The number of benzene rings is 3. The zero-order valence-corrected chi connectivity index (χ0v) is 22.5. The Morgan fingerprint density at radius 1 is 0.816 bits per heavy atom. The van der Waals surface area contributed by atoms with Gasteiger partial charge in [0.15, 0.2) is 11.5 Å². The van der Waals surface area contributed by atoms with Gasteiger partial charge in [0.05, 0.1) is 20.3 Å². The van der Waals surface area contributed by atoms with Gasteiger partial charge in [0.1, 0.15) is 11.8 Å². The molecule has 5 rings (SSSR count). The van der Waals surface area contributed by atoms with Gasteiger partial charge in [-0.3, -0.25) is 4.90 Å². The van der Waals surface area contributed by atoms with Crippen molar-refractivity contribution < 1.29 is 14.3 Å². The largest absolute Gasteiger partial charge is 0.493 e. The highest BCUT2D eigenvalue weighted by Gasteiger charge is 2.34. The van der Waals surface area contributed by atoms with Crippen LogP contribution in [0.3, 0.4) is 0 Å². The van der Waals surface area contributed by atoms with Gasteiger partial charge in [-0.25, -0.2) is 0 Å². The summed E-state index contributed by atoms with van der Waals surface area (Å²) >= 11 is 0. The monoisotopic (exact) mass is 513 g/mol. The molecule has 0 aromatic heterocycles. The van der Waals surface area contributed by atoms with Crippen molar-refractivity contribution in [3.63, 3.8) is 0 Å². The van der Waals surface area contributed by atoms with E-state index in [9.17, 15) is 0 Å². The quantitative estimate of drug-likeness (QED) is 0.341. The summed E-state index contributed by atoms with van der Waals surface area (Å²) in [5, 5.41) is 0. The zero-order valence-electron chi connectivity index (χ0n) is 22.5. The molecule has 1 saturated heterocycles. The van der Waals surface area contributed by atoms with Crippen LogP contribution in [0.25, 0.3) is 0 Å². The first-order chi connectivity index (χ1) is 18.7. The molecule has 6 nitrogen and oxygen atoms in total. The van der Waals surface area contributed by atoms with Crippen LogP contribution >= 0.6 is 0 Å². The van der Waals surface area contributed by atoms with Gasteiger partial charge in [0, 0.05) is 26.2 Å². The molecule has 3 aromatic rings. The molecular weight excluding hydrogens is 474 g/mol. The molecule has 0 aliphatic carbocycles. The Morgan fingerprint density at radius 3 is 2.05 bits per heavy atom. The van der Waals surface area contributed by atoms with E-state index < -0.39 is 0 Å². The summed E-state index contributed by atoms with van der Waals surface area (Å²) in [6.07, 6.45) is 7.03. The smallest absolute Gasteiger partial charge is 0.161 e. The number of hydrogen-bond acceptors (Lipinski definition) is 6. The molecule has 1 atom stereocenters. The minimum atomic E-state index is -0.350. The molecule has 1 N–H and O–H groups in total. The van der Waals surface area contributed by atoms with Crippen molar-refractivity contribution in [3.8, 4) is 11.5 Å².